The van der Waals surface area contributed by atoms with Gasteiger partial charge in [0.2, 0.25) is 5.88 Å². The summed E-state index contributed by atoms with van der Waals surface area (Å²) in [5.41, 5.74) is 5.70. The van der Waals surface area contributed by atoms with Crippen molar-refractivity contribution < 1.29 is 19.0 Å². The van der Waals surface area contributed by atoms with Crippen molar-refractivity contribution in [1.82, 2.24) is 4.98 Å². The third kappa shape index (κ3) is 5.37. The highest BCUT2D eigenvalue weighted by molar-refractivity contribution is 5.84. The second-order valence-corrected chi connectivity index (χ2v) is 7.03. The molecule has 0 aliphatic heterocycles. The minimum atomic E-state index is -0.582. The molecule has 1 aromatic carbocycles. The Kier molecular flexibility index (Phi) is 7.11. The maximum Gasteiger partial charge on any atom is 0.213 e. The van der Waals surface area contributed by atoms with Crippen molar-refractivity contribution >= 4 is 6.29 Å². The van der Waals surface area contributed by atoms with Gasteiger partial charge in [0.15, 0.2) is 5.79 Å². The zero-order chi connectivity index (χ0) is 20.0. The monoisotopic (exact) mass is 371 g/mol. The number of carbonyl (C=O) groups is 1. The summed E-state index contributed by atoms with van der Waals surface area (Å²) in [7, 11) is 1.63. The van der Waals surface area contributed by atoms with Gasteiger partial charge in [-0.2, -0.15) is 0 Å². The fourth-order valence-corrected chi connectivity index (χ4v) is 2.94. The van der Waals surface area contributed by atoms with E-state index in [1.807, 2.05) is 58.9 Å². The molecule has 0 aliphatic carbocycles. The van der Waals surface area contributed by atoms with E-state index >= 15 is 0 Å². The van der Waals surface area contributed by atoms with Crippen molar-refractivity contribution in [3.05, 3.63) is 46.6 Å². The molecule has 0 spiro atoms. The van der Waals surface area contributed by atoms with E-state index in [9.17, 15) is 4.79 Å². The number of aryl methyl sites for hydroxylation is 2. The fraction of sp³-hybridized carbons (Fsp3) is 0.455. The number of nitrogens with zero attached hydrogens (tertiary/aromatic N) is 1. The first-order valence-corrected chi connectivity index (χ1v) is 9.14. The molecular weight excluding hydrogens is 342 g/mol. The molecule has 27 heavy (non-hydrogen) atoms. The van der Waals surface area contributed by atoms with Gasteiger partial charge in [0, 0.05) is 36.4 Å². The summed E-state index contributed by atoms with van der Waals surface area (Å²) in [6, 6.07) is 7.69. The molecule has 0 saturated carbocycles. The normalized spacial score (nSPS) is 11.5. The predicted octanol–water partition coefficient (Wildman–Crippen LogP) is 4.65. The zero-order valence-electron chi connectivity index (χ0n) is 17.1. The van der Waals surface area contributed by atoms with Crippen molar-refractivity contribution in [3.8, 4) is 17.0 Å². The van der Waals surface area contributed by atoms with E-state index in [4.69, 9.17) is 14.2 Å². The average molecular weight is 371 g/mol. The van der Waals surface area contributed by atoms with Gasteiger partial charge in [-0.15, -0.1) is 0 Å². The number of carbonyl (C=O) groups excluding carboxylic acids is 1. The van der Waals surface area contributed by atoms with Gasteiger partial charge < -0.3 is 14.2 Å². The van der Waals surface area contributed by atoms with Crippen LogP contribution in [0.1, 0.15) is 47.4 Å². The number of methoxy groups -OCH3 is 1. The third-order valence-electron chi connectivity index (χ3n) is 4.63. The quantitative estimate of drug-likeness (QED) is 0.365. The first kappa shape index (κ1) is 21.1. The van der Waals surface area contributed by atoms with Crippen molar-refractivity contribution in [2.24, 2.45) is 0 Å². The Morgan fingerprint density at radius 1 is 1.15 bits per heavy atom. The molecule has 0 amide bonds. The van der Waals surface area contributed by atoms with Crippen LogP contribution in [-0.4, -0.2) is 37.4 Å². The Balaban J connectivity index is 2.08. The molecule has 1 aromatic heterocycles. The Hall–Kier alpha value is -2.24. The minimum Gasteiger partial charge on any atom is -0.478 e. The summed E-state index contributed by atoms with van der Waals surface area (Å²) >= 11 is 0. The number of rotatable bonds is 9. The summed E-state index contributed by atoms with van der Waals surface area (Å²) in [4.78, 5) is 15.8. The highest BCUT2D eigenvalue weighted by Crippen LogP contribution is 2.32. The largest absolute Gasteiger partial charge is 0.478 e. The molecule has 146 valence electrons. The summed E-state index contributed by atoms with van der Waals surface area (Å²) < 4.78 is 16.6. The van der Waals surface area contributed by atoms with E-state index in [0.717, 1.165) is 40.7 Å². The number of aldehydes is 1. The summed E-state index contributed by atoms with van der Waals surface area (Å²) in [6.45, 7) is 10.8. The standard InChI is InChI=1S/C22H29NO4/c1-15-13-20(26-11-8-12-27-22(4,5)25-6)23-17(3)21(15)19-10-7-9-18(14-24)16(19)2/h7,9-10,13-14H,8,11-12H2,1-6H3. The van der Waals surface area contributed by atoms with Gasteiger partial charge >= 0.3 is 0 Å². The second kappa shape index (κ2) is 9.11. The first-order chi connectivity index (χ1) is 12.8. The van der Waals surface area contributed by atoms with Gasteiger partial charge in [-0.05, 0) is 51.3 Å². The highest BCUT2D eigenvalue weighted by Gasteiger charge is 2.16. The van der Waals surface area contributed by atoms with E-state index in [1.165, 1.54) is 0 Å². The van der Waals surface area contributed by atoms with Crippen LogP contribution in [0, 0.1) is 20.8 Å². The molecule has 0 aliphatic rings. The maximum absolute atomic E-state index is 11.2. The first-order valence-electron chi connectivity index (χ1n) is 9.14. The molecule has 5 heteroatoms. The number of pyridine rings is 1. The average Bonchev–Trinajstić information content (AvgIpc) is 2.62. The van der Waals surface area contributed by atoms with Crippen molar-refractivity contribution in [1.29, 1.82) is 0 Å². The van der Waals surface area contributed by atoms with Gasteiger partial charge in [-0.25, -0.2) is 4.98 Å². The zero-order valence-corrected chi connectivity index (χ0v) is 17.1. The molecule has 0 fully saturated rings. The molecule has 0 atom stereocenters. The lowest BCUT2D eigenvalue weighted by molar-refractivity contribution is -0.197. The van der Waals surface area contributed by atoms with Crippen LogP contribution in [0.2, 0.25) is 0 Å². The van der Waals surface area contributed by atoms with Gasteiger partial charge in [-0.3, -0.25) is 4.79 Å². The molecule has 0 unspecified atom stereocenters. The van der Waals surface area contributed by atoms with Crippen LogP contribution < -0.4 is 4.74 Å². The number of ether oxygens (including phenoxy) is 3. The summed E-state index contributed by atoms with van der Waals surface area (Å²) in [5.74, 6) is 0.0185. The van der Waals surface area contributed by atoms with E-state index in [-0.39, 0.29) is 0 Å². The smallest absolute Gasteiger partial charge is 0.213 e. The fourth-order valence-electron chi connectivity index (χ4n) is 2.94. The van der Waals surface area contributed by atoms with Crippen molar-refractivity contribution in [2.45, 2.75) is 46.8 Å². The number of aromatic nitrogens is 1. The summed E-state index contributed by atoms with van der Waals surface area (Å²) in [6.07, 6.45) is 1.64. The van der Waals surface area contributed by atoms with Gasteiger partial charge in [0.25, 0.3) is 0 Å². The Bertz CT molecular complexity index is 776. The van der Waals surface area contributed by atoms with Crippen molar-refractivity contribution in [2.75, 3.05) is 20.3 Å². The molecule has 1 heterocycles. The second-order valence-electron chi connectivity index (χ2n) is 7.03. The molecule has 5 nitrogen and oxygen atoms in total. The molecule has 0 N–H and O–H groups in total. The lowest BCUT2D eigenvalue weighted by Gasteiger charge is -2.23. The molecule has 2 rings (SSSR count). The van der Waals surface area contributed by atoms with E-state index in [1.54, 1.807) is 7.11 Å². The number of hydrogen-bond donors (Lipinski definition) is 0. The van der Waals surface area contributed by atoms with Gasteiger partial charge in [-0.1, -0.05) is 18.2 Å². The Morgan fingerprint density at radius 2 is 1.89 bits per heavy atom. The Labute approximate surface area is 161 Å². The lowest BCUT2D eigenvalue weighted by Crippen LogP contribution is -2.27. The van der Waals surface area contributed by atoms with E-state index < -0.39 is 5.79 Å². The lowest BCUT2D eigenvalue weighted by atomic mass is 9.93. The topological polar surface area (TPSA) is 57.7 Å². The highest BCUT2D eigenvalue weighted by atomic mass is 16.7. The van der Waals surface area contributed by atoms with E-state index in [2.05, 4.69) is 4.98 Å². The number of benzene rings is 1. The van der Waals surface area contributed by atoms with Gasteiger partial charge in [0.05, 0.1) is 13.2 Å². The van der Waals surface area contributed by atoms with Crippen LogP contribution in [0.25, 0.3) is 11.1 Å². The molecular formula is C22H29NO4. The van der Waals surface area contributed by atoms with Crippen LogP contribution >= 0.6 is 0 Å². The minimum absolute atomic E-state index is 0.519. The molecule has 0 saturated heterocycles. The van der Waals surface area contributed by atoms with Crippen LogP contribution in [0.4, 0.5) is 0 Å². The predicted molar refractivity (Wildman–Crippen MR) is 106 cm³/mol. The number of hydrogen-bond acceptors (Lipinski definition) is 5. The van der Waals surface area contributed by atoms with Crippen LogP contribution in [0.3, 0.4) is 0 Å². The molecule has 0 radical (unpaired) electrons. The Morgan fingerprint density at radius 3 is 2.52 bits per heavy atom. The third-order valence-corrected chi connectivity index (χ3v) is 4.63. The summed E-state index contributed by atoms with van der Waals surface area (Å²) in [5, 5.41) is 0. The SMILES string of the molecule is COC(C)(C)OCCCOc1cc(C)c(-c2cccc(C=O)c2C)c(C)n1. The molecule has 2 aromatic rings. The van der Waals surface area contributed by atoms with Crippen LogP contribution in [0.5, 0.6) is 5.88 Å². The van der Waals surface area contributed by atoms with Crippen LogP contribution in [0.15, 0.2) is 24.3 Å². The molecule has 0 bridgehead atoms. The van der Waals surface area contributed by atoms with Crippen molar-refractivity contribution in [3.63, 3.8) is 0 Å². The van der Waals surface area contributed by atoms with E-state index in [0.29, 0.717) is 24.7 Å². The van der Waals surface area contributed by atoms with Gasteiger partial charge in [0.1, 0.15) is 6.29 Å². The maximum atomic E-state index is 11.2. The van der Waals surface area contributed by atoms with Crippen LogP contribution in [-0.2, 0) is 9.47 Å².